The molecule has 3 rings (SSSR count). The van der Waals surface area contributed by atoms with Crippen molar-refractivity contribution < 1.29 is 23.8 Å². The molecule has 1 N–H and O–H groups in total. The fourth-order valence-corrected chi connectivity index (χ4v) is 3.42. The third kappa shape index (κ3) is 2.36. The van der Waals surface area contributed by atoms with E-state index in [0.29, 0.717) is 13.2 Å². The Morgan fingerprint density at radius 3 is 2.91 bits per heavy atom. The molecule has 2 aliphatic rings. The number of ether oxygens (including phenoxy) is 1. The lowest BCUT2D eigenvalue weighted by atomic mass is 9.81. The Labute approximate surface area is 131 Å². The van der Waals surface area contributed by atoms with E-state index in [4.69, 9.17) is 16.3 Å². The lowest BCUT2D eigenvalue weighted by Crippen LogP contribution is -2.40. The van der Waals surface area contributed by atoms with Gasteiger partial charge in [-0.05, 0) is 12.1 Å². The van der Waals surface area contributed by atoms with Crippen LogP contribution in [-0.4, -0.2) is 48.2 Å². The Kier molecular flexibility index (Phi) is 3.82. The number of carboxylic acids is 1. The van der Waals surface area contributed by atoms with Crippen molar-refractivity contribution in [3.63, 3.8) is 0 Å². The van der Waals surface area contributed by atoms with Gasteiger partial charge in [-0.2, -0.15) is 0 Å². The summed E-state index contributed by atoms with van der Waals surface area (Å²) in [5, 5.41) is 9.65. The summed E-state index contributed by atoms with van der Waals surface area (Å²) >= 11 is 5.93. The molecule has 2 fully saturated rings. The van der Waals surface area contributed by atoms with Gasteiger partial charge in [0.05, 0.1) is 19.6 Å². The van der Waals surface area contributed by atoms with Gasteiger partial charge in [-0.1, -0.05) is 17.7 Å². The summed E-state index contributed by atoms with van der Waals surface area (Å²) in [5.74, 6) is -2.02. The quantitative estimate of drug-likeness (QED) is 0.915. The topological polar surface area (TPSA) is 66.8 Å². The average molecular weight is 328 g/mol. The zero-order valence-corrected chi connectivity index (χ0v) is 12.5. The van der Waals surface area contributed by atoms with Crippen molar-refractivity contribution in [3.05, 3.63) is 34.6 Å². The minimum absolute atomic E-state index is 0.0951. The fourth-order valence-electron chi connectivity index (χ4n) is 3.19. The van der Waals surface area contributed by atoms with E-state index in [9.17, 15) is 19.1 Å². The van der Waals surface area contributed by atoms with Crippen molar-refractivity contribution in [1.82, 2.24) is 4.90 Å². The first-order valence-corrected chi connectivity index (χ1v) is 7.33. The lowest BCUT2D eigenvalue weighted by Gasteiger charge is -2.22. The Hall–Kier alpha value is -1.66. The zero-order valence-electron chi connectivity index (χ0n) is 11.7. The molecule has 0 aromatic heterocycles. The minimum atomic E-state index is -1.03. The van der Waals surface area contributed by atoms with Crippen LogP contribution in [0.5, 0.6) is 0 Å². The van der Waals surface area contributed by atoms with Gasteiger partial charge in [0.2, 0.25) is 5.91 Å². The molecule has 7 heteroatoms. The molecular weight excluding hydrogens is 313 g/mol. The van der Waals surface area contributed by atoms with Crippen molar-refractivity contribution >= 4 is 23.5 Å². The number of benzene rings is 1. The summed E-state index contributed by atoms with van der Waals surface area (Å²) < 4.78 is 19.0. The summed E-state index contributed by atoms with van der Waals surface area (Å²) in [6.07, 6.45) is -0.172. The zero-order chi connectivity index (χ0) is 15.9. The Morgan fingerprint density at radius 1 is 1.50 bits per heavy atom. The van der Waals surface area contributed by atoms with Crippen molar-refractivity contribution in [3.8, 4) is 0 Å². The predicted molar refractivity (Wildman–Crippen MR) is 76.1 cm³/mol. The van der Waals surface area contributed by atoms with Crippen LogP contribution >= 0.6 is 11.6 Å². The molecule has 5 nitrogen and oxygen atoms in total. The number of halogens is 2. The first-order chi connectivity index (χ1) is 10.4. The molecule has 0 aliphatic carbocycles. The maximum atomic E-state index is 13.8. The maximum absolute atomic E-state index is 13.8. The highest BCUT2D eigenvalue weighted by molar-refractivity contribution is 6.31. The number of hydrogen-bond donors (Lipinski definition) is 1. The van der Waals surface area contributed by atoms with E-state index in [2.05, 4.69) is 0 Å². The summed E-state index contributed by atoms with van der Waals surface area (Å²) in [6, 6.07) is 4.25. The summed E-state index contributed by atoms with van der Waals surface area (Å²) in [7, 11) is 0. The number of aliphatic carboxylic acids is 1. The van der Waals surface area contributed by atoms with E-state index >= 15 is 0 Å². The SMILES string of the molecule is O=C(Cc1c(F)cccc1Cl)N1C[C@@H]2COC[C@]2(C(=O)O)C1. The largest absolute Gasteiger partial charge is 0.481 e. The van der Waals surface area contributed by atoms with Crippen LogP contribution in [0.25, 0.3) is 0 Å². The molecule has 0 bridgehead atoms. The normalized spacial score (nSPS) is 27.0. The van der Waals surface area contributed by atoms with Crippen LogP contribution in [0.2, 0.25) is 5.02 Å². The van der Waals surface area contributed by atoms with E-state index < -0.39 is 17.2 Å². The van der Waals surface area contributed by atoms with Gasteiger partial charge in [0, 0.05) is 29.6 Å². The number of fused-ring (bicyclic) bond motifs is 1. The third-order valence-corrected chi connectivity index (χ3v) is 4.90. The van der Waals surface area contributed by atoms with E-state index in [1.807, 2.05) is 0 Å². The monoisotopic (exact) mass is 327 g/mol. The van der Waals surface area contributed by atoms with Gasteiger partial charge in [-0.25, -0.2) is 4.39 Å². The fraction of sp³-hybridized carbons (Fsp3) is 0.467. The summed E-state index contributed by atoms with van der Waals surface area (Å²) in [6.45, 7) is 0.850. The second-order valence-corrected chi connectivity index (χ2v) is 6.23. The summed E-state index contributed by atoms with van der Waals surface area (Å²) in [4.78, 5) is 25.4. The number of carbonyl (C=O) groups is 2. The molecule has 118 valence electrons. The predicted octanol–water partition coefficient (Wildman–Crippen LogP) is 1.58. The maximum Gasteiger partial charge on any atom is 0.314 e. The molecular formula is C15H15ClFNO4. The van der Waals surface area contributed by atoms with Crippen LogP contribution in [-0.2, 0) is 20.7 Å². The Bertz CT molecular complexity index is 618. The van der Waals surface area contributed by atoms with Gasteiger partial charge >= 0.3 is 5.97 Å². The average Bonchev–Trinajstić information content (AvgIpc) is 3.00. The van der Waals surface area contributed by atoms with Crippen LogP contribution in [0.1, 0.15) is 5.56 Å². The number of likely N-dealkylation sites (tertiary alicyclic amines) is 1. The highest BCUT2D eigenvalue weighted by atomic mass is 35.5. The number of carbonyl (C=O) groups excluding carboxylic acids is 1. The van der Waals surface area contributed by atoms with E-state index in [0.717, 1.165) is 0 Å². The van der Waals surface area contributed by atoms with E-state index in [-0.39, 0.29) is 42.0 Å². The van der Waals surface area contributed by atoms with Gasteiger partial charge in [0.25, 0.3) is 0 Å². The van der Waals surface area contributed by atoms with Crippen molar-refractivity contribution in [2.45, 2.75) is 6.42 Å². The minimum Gasteiger partial charge on any atom is -0.481 e. The van der Waals surface area contributed by atoms with Gasteiger partial charge in [0.1, 0.15) is 11.2 Å². The molecule has 0 saturated carbocycles. The second-order valence-electron chi connectivity index (χ2n) is 5.82. The van der Waals surface area contributed by atoms with Crippen LogP contribution in [0, 0.1) is 17.2 Å². The lowest BCUT2D eigenvalue weighted by molar-refractivity contribution is -0.149. The smallest absolute Gasteiger partial charge is 0.314 e. The van der Waals surface area contributed by atoms with Crippen molar-refractivity contribution in [2.75, 3.05) is 26.3 Å². The number of rotatable bonds is 3. The van der Waals surface area contributed by atoms with Crippen LogP contribution in [0.3, 0.4) is 0 Å². The van der Waals surface area contributed by atoms with Crippen LogP contribution in [0.15, 0.2) is 18.2 Å². The number of amides is 1. The first-order valence-electron chi connectivity index (χ1n) is 6.96. The Balaban J connectivity index is 1.76. The third-order valence-electron chi connectivity index (χ3n) is 4.54. The van der Waals surface area contributed by atoms with Gasteiger partial charge < -0.3 is 14.7 Å². The molecule has 0 spiro atoms. The molecule has 2 saturated heterocycles. The molecule has 2 heterocycles. The van der Waals surface area contributed by atoms with Gasteiger partial charge in [-0.15, -0.1) is 0 Å². The molecule has 22 heavy (non-hydrogen) atoms. The van der Waals surface area contributed by atoms with E-state index in [1.165, 1.54) is 23.1 Å². The molecule has 2 aliphatic heterocycles. The molecule has 1 aromatic carbocycles. The number of nitrogens with zero attached hydrogens (tertiary/aromatic N) is 1. The first kappa shape index (κ1) is 15.2. The molecule has 2 atom stereocenters. The van der Waals surface area contributed by atoms with Gasteiger partial charge in [-0.3, -0.25) is 9.59 Å². The Morgan fingerprint density at radius 2 is 2.27 bits per heavy atom. The molecule has 1 aromatic rings. The molecule has 1 amide bonds. The molecule has 0 unspecified atom stereocenters. The van der Waals surface area contributed by atoms with E-state index in [1.54, 1.807) is 0 Å². The van der Waals surface area contributed by atoms with Crippen molar-refractivity contribution in [1.29, 1.82) is 0 Å². The van der Waals surface area contributed by atoms with Gasteiger partial charge in [0.15, 0.2) is 0 Å². The number of hydrogen-bond acceptors (Lipinski definition) is 3. The second kappa shape index (κ2) is 5.52. The summed E-state index contributed by atoms with van der Waals surface area (Å²) in [5.41, 5.74) is -0.888. The highest BCUT2D eigenvalue weighted by Crippen LogP contribution is 2.41. The molecule has 0 radical (unpaired) electrons. The van der Waals surface area contributed by atoms with Crippen LogP contribution < -0.4 is 0 Å². The number of carboxylic acid groups (broad SMARTS) is 1. The van der Waals surface area contributed by atoms with Crippen LogP contribution in [0.4, 0.5) is 4.39 Å². The van der Waals surface area contributed by atoms with Crippen molar-refractivity contribution in [2.24, 2.45) is 11.3 Å². The standard InChI is InChI=1S/C15H15ClFNO4/c16-11-2-1-3-12(17)10(11)4-13(19)18-5-9-6-22-8-15(9,7-18)14(20)21/h1-3,9H,4-8H2,(H,20,21)/t9-,15-/m1/s1. The highest BCUT2D eigenvalue weighted by Gasteiger charge is 2.57.